The lowest BCUT2D eigenvalue weighted by atomic mass is 10.0. The van der Waals surface area contributed by atoms with Gasteiger partial charge in [-0.2, -0.15) is 0 Å². The molecule has 3 nitrogen and oxygen atoms in total. The predicted molar refractivity (Wildman–Crippen MR) is 76.2 cm³/mol. The number of halogens is 3. The molecule has 0 radical (unpaired) electrons. The molecule has 0 aromatic heterocycles. The Labute approximate surface area is 122 Å². The van der Waals surface area contributed by atoms with Crippen LogP contribution in [0.2, 0.25) is 10.0 Å². The van der Waals surface area contributed by atoms with Gasteiger partial charge in [0.25, 0.3) is 0 Å². The lowest BCUT2D eigenvalue weighted by molar-refractivity contribution is 0.444. The van der Waals surface area contributed by atoms with Gasteiger partial charge < -0.3 is 0 Å². The van der Waals surface area contributed by atoms with Crippen LogP contribution in [0.3, 0.4) is 0 Å². The summed E-state index contributed by atoms with van der Waals surface area (Å²) >= 11 is 17.4. The van der Waals surface area contributed by atoms with E-state index in [-0.39, 0.29) is 20.8 Å². The number of alkyl halides is 1. The molecule has 0 saturated carbocycles. The summed E-state index contributed by atoms with van der Waals surface area (Å²) in [6.45, 7) is 3.60. The summed E-state index contributed by atoms with van der Waals surface area (Å²) in [5, 5.41) is 0.541. The van der Waals surface area contributed by atoms with Crippen molar-refractivity contribution in [3.05, 3.63) is 28.2 Å². The van der Waals surface area contributed by atoms with Gasteiger partial charge in [0.2, 0.25) is 10.0 Å². The van der Waals surface area contributed by atoms with E-state index < -0.39 is 15.6 Å². The molecule has 0 saturated heterocycles. The van der Waals surface area contributed by atoms with Crippen LogP contribution in [0.15, 0.2) is 23.1 Å². The molecule has 1 aromatic carbocycles. The third kappa shape index (κ3) is 4.00. The van der Waals surface area contributed by atoms with Crippen LogP contribution in [0.1, 0.15) is 20.3 Å². The Morgan fingerprint density at radius 3 is 2.11 bits per heavy atom. The largest absolute Gasteiger partial charge is 0.241 e. The van der Waals surface area contributed by atoms with Gasteiger partial charge in [-0.1, -0.05) is 30.1 Å². The van der Waals surface area contributed by atoms with Crippen LogP contribution in [0.4, 0.5) is 0 Å². The van der Waals surface area contributed by atoms with Crippen molar-refractivity contribution < 1.29 is 8.42 Å². The fourth-order valence-corrected chi connectivity index (χ4v) is 3.80. The van der Waals surface area contributed by atoms with Crippen LogP contribution in [-0.4, -0.2) is 19.8 Å². The monoisotopic (exact) mass is 329 g/mol. The second-order valence-electron chi connectivity index (χ2n) is 4.26. The Hall–Kier alpha value is -0.000000000000000111. The smallest absolute Gasteiger partial charge is 0.207 e. The molecule has 0 fully saturated rings. The van der Waals surface area contributed by atoms with Gasteiger partial charge in [0.1, 0.15) is 0 Å². The van der Waals surface area contributed by atoms with Crippen molar-refractivity contribution >= 4 is 44.8 Å². The van der Waals surface area contributed by atoms with Gasteiger partial charge in [-0.15, -0.1) is 11.6 Å². The zero-order chi connectivity index (χ0) is 14.0. The molecule has 0 aliphatic heterocycles. The fraction of sp³-hybridized carbons (Fsp3) is 0.455. The first kappa shape index (κ1) is 16.1. The summed E-state index contributed by atoms with van der Waals surface area (Å²) in [5.74, 6) is 0.178. The molecule has 18 heavy (non-hydrogen) atoms. The van der Waals surface area contributed by atoms with E-state index in [1.807, 2.05) is 6.92 Å². The van der Waals surface area contributed by atoms with Gasteiger partial charge in [0.15, 0.2) is 0 Å². The Kier molecular flexibility index (Phi) is 5.32. The summed E-state index contributed by atoms with van der Waals surface area (Å²) in [4.78, 5) is 0.0322. The maximum atomic E-state index is 12.2. The van der Waals surface area contributed by atoms with E-state index in [1.165, 1.54) is 18.2 Å². The van der Waals surface area contributed by atoms with Crippen LogP contribution in [0.25, 0.3) is 0 Å². The van der Waals surface area contributed by atoms with Crippen LogP contribution < -0.4 is 4.72 Å². The maximum Gasteiger partial charge on any atom is 0.241 e. The van der Waals surface area contributed by atoms with Crippen molar-refractivity contribution in [1.29, 1.82) is 0 Å². The molecule has 1 aromatic rings. The van der Waals surface area contributed by atoms with Crippen molar-refractivity contribution in [2.75, 3.05) is 5.88 Å². The van der Waals surface area contributed by atoms with Gasteiger partial charge in [0, 0.05) is 21.5 Å². The number of nitrogens with one attached hydrogen (secondary N) is 1. The number of sulfonamides is 1. The minimum Gasteiger partial charge on any atom is -0.207 e. The van der Waals surface area contributed by atoms with Crippen LogP contribution in [-0.2, 0) is 10.0 Å². The van der Waals surface area contributed by atoms with Gasteiger partial charge in [-0.3, -0.25) is 0 Å². The fourth-order valence-electron chi connectivity index (χ4n) is 1.26. The van der Waals surface area contributed by atoms with E-state index in [0.717, 1.165) is 0 Å². The highest BCUT2D eigenvalue weighted by Crippen LogP contribution is 2.24. The molecule has 1 N–H and O–H groups in total. The topological polar surface area (TPSA) is 46.2 Å². The molecule has 0 bridgehead atoms. The molecule has 7 heteroatoms. The van der Waals surface area contributed by atoms with Crippen molar-refractivity contribution in [3.63, 3.8) is 0 Å². The Morgan fingerprint density at radius 2 is 1.72 bits per heavy atom. The molecule has 0 spiro atoms. The second-order valence-corrected chi connectivity index (χ2v) is 7.08. The molecular formula is C11H14Cl3NO2S. The predicted octanol–water partition coefficient (Wildman–Crippen LogP) is 3.68. The highest BCUT2D eigenvalue weighted by molar-refractivity contribution is 7.89. The van der Waals surface area contributed by atoms with Gasteiger partial charge in [-0.05, 0) is 31.5 Å². The molecule has 102 valence electrons. The van der Waals surface area contributed by atoms with E-state index in [2.05, 4.69) is 4.72 Å². The first-order valence-corrected chi connectivity index (χ1v) is 8.06. The standard InChI is InChI=1S/C11H14Cl3NO2S/c1-3-11(2,7-12)15-18(16,17)10-5-8(13)4-9(14)6-10/h4-6,15H,3,7H2,1-2H3. The van der Waals surface area contributed by atoms with Crippen molar-refractivity contribution in [1.82, 2.24) is 4.72 Å². The van der Waals surface area contributed by atoms with E-state index in [0.29, 0.717) is 6.42 Å². The van der Waals surface area contributed by atoms with Gasteiger partial charge in [0.05, 0.1) is 4.90 Å². The summed E-state index contributed by atoms with van der Waals surface area (Å²) < 4.78 is 26.9. The molecule has 1 atom stereocenters. The molecule has 0 heterocycles. The second kappa shape index (κ2) is 5.97. The van der Waals surface area contributed by atoms with Crippen LogP contribution in [0, 0.1) is 0 Å². The summed E-state index contributed by atoms with van der Waals surface area (Å²) in [7, 11) is -3.69. The molecule has 0 amide bonds. The van der Waals surface area contributed by atoms with Crippen molar-refractivity contribution in [2.24, 2.45) is 0 Å². The maximum absolute atomic E-state index is 12.2. The molecule has 1 rings (SSSR count). The summed E-state index contributed by atoms with van der Waals surface area (Å²) in [5.41, 5.74) is -0.699. The van der Waals surface area contributed by atoms with Gasteiger partial charge in [-0.25, -0.2) is 13.1 Å². The Morgan fingerprint density at radius 1 is 1.22 bits per heavy atom. The van der Waals surface area contributed by atoms with E-state index in [9.17, 15) is 8.42 Å². The number of hydrogen-bond donors (Lipinski definition) is 1. The van der Waals surface area contributed by atoms with E-state index in [1.54, 1.807) is 6.92 Å². The molecule has 0 aliphatic carbocycles. The SMILES string of the molecule is CCC(C)(CCl)NS(=O)(=O)c1cc(Cl)cc(Cl)c1. The van der Waals surface area contributed by atoms with E-state index >= 15 is 0 Å². The number of rotatable bonds is 5. The third-order valence-corrected chi connectivity index (χ3v) is 5.25. The van der Waals surface area contributed by atoms with Crippen molar-refractivity contribution in [3.8, 4) is 0 Å². The highest BCUT2D eigenvalue weighted by atomic mass is 35.5. The number of hydrogen-bond acceptors (Lipinski definition) is 2. The van der Waals surface area contributed by atoms with E-state index in [4.69, 9.17) is 34.8 Å². The van der Waals surface area contributed by atoms with Crippen molar-refractivity contribution in [2.45, 2.75) is 30.7 Å². The molecule has 0 aliphatic rings. The Bertz CT molecular complexity index is 507. The normalized spacial score (nSPS) is 15.4. The average molecular weight is 331 g/mol. The summed E-state index contributed by atoms with van der Waals surface area (Å²) in [6.07, 6.45) is 0.573. The minimum absolute atomic E-state index is 0.0322. The number of benzene rings is 1. The zero-order valence-electron chi connectivity index (χ0n) is 10.0. The van der Waals surface area contributed by atoms with Crippen LogP contribution in [0.5, 0.6) is 0 Å². The van der Waals surface area contributed by atoms with Crippen LogP contribution >= 0.6 is 34.8 Å². The zero-order valence-corrected chi connectivity index (χ0v) is 13.1. The average Bonchev–Trinajstić information content (AvgIpc) is 2.27. The Balaban J connectivity index is 3.14. The first-order chi connectivity index (χ1) is 8.22. The quantitative estimate of drug-likeness (QED) is 0.837. The lowest BCUT2D eigenvalue weighted by Gasteiger charge is -2.26. The first-order valence-electron chi connectivity index (χ1n) is 5.28. The molecule has 1 unspecified atom stereocenters. The lowest BCUT2D eigenvalue weighted by Crippen LogP contribution is -2.46. The third-order valence-electron chi connectivity index (χ3n) is 2.60. The minimum atomic E-state index is -3.69. The summed E-state index contributed by atoms with van der Waals surface area (Å²) in [6, 6.07) is 4.17. The highest BCUT2D eigenvalue weighted by Gasteiger charge is 2.28. The van der Waals surface area contributed by atoms with Gasteiger partial charge >= 0.3 is 0 Å². The molecular weight excluding hydrogens is 317 g/mol.